The molecule has 1 saturated heterocycles. The van der Waals surface area contributed by atoms with E-state index in [0.717, 1.165) is 0 Å². The van der Waals surface area contributed by atoms with Gasteiger partial charge in [-0.25, -0.2) is 0 Å². The molecule has 8 heteroatoms. The first-order valence-electron chi connectivity index (χ1n) is 6.10. The van der Waals surface area contributed by atoms with Gasteiger partial charge >= 0.3 is 0 Å². The summed E-state index contributed by atoms with van der Waals surface area (Å²) in [5.41, 5.74) is 5.14. The van der Waals surface area contributed by atoms with Crippen LogP contribution in [0.15, 0.2) is 0 Å². The Bertz CT molecular complexity index is 345. The van der Waals surface area contributed by atoms with E-state index in [9.17, 15) is 14.4 Å². The highest BCUT2D eigenvalue weighted by Crippen LogP contribution is 2.03. The number of nitrogens with one attached hydrogen (secondary N) is 1. The van der Waals surface area contributed by atoms with Gasteiger partial charge in [-0.2, -0.15) is 0 Å². The van der Waals surface area contributed by atoms with E-state index in [2.05, 4.69) is 5.32 Å². The molecule has 0 saturated carbocycles. The summed E-state index contributed by atoms with van der Waals surface area (Å²) in [7, 11) is 0. The quantitative estimate of drug-likeness (QED) is 0.429. The van der Waals surface area contributed by atoms with Crippen LogP contribution in [0.5, 0.6) is 0 Å². The Morgan fingerprint density at radius 1 is 1.47 bits per heavy atom. The molecule has 1 rings (SSSR count). The Hall–Kier alpha value is -1.51. The summed E-state index contributed by atoms with van der Waals surface area (Å²) in [6.07, 6.45) is 0. The second-order valence-corrected chi connectivity index (χ2v) is 4.65. The zero-order valence-corrected chi connectivity index (χ0v) is 11.0. The standard InChI is InChI=1S/C11H20N4O4/c1-8(15(2-3-16)5-9(12)17)4-14-6-10(18)13-11(19)7-14/h8,16H,2-7H2,1H3,(H2,12,17)(H,13,18,19)/t8-/m0/s1. The number of rotatable bonds is 7. The van der Waals surface area contributed by atoms with E-state index in [1.165, 1.54) is 0 Å². The first-order valence-corrected chi connectivity index (χ1v) is 6.10. The van der Waals surface area contributed by atoms with Crippen LogP contribution in [0.1, 0.15) is 6.92 Å². The fourth-order valence-corrected chi connectivity index (χ4v) is 2.10. The van der Waals surface area contributed by atoms with Crippen LogP contribution in [-0.2, 0) is 14.4 Å². The van der Waals surface area contributed by atoms with Gasteiger partial charge in [-0.3, -0.25) is 29.5 Å². The average Bonchev–Trinajstić information content (AvgIpc) is 2.26. The molecule has 3 amide bonds. The predicted octanol–water partition coefficient (Wildman–Crippen LogP) is -2.89. The Morgan fingerprint density at radius 2 is 2.05 bits per heavy atom. The van der Waals surface area contributed by atoms with Crippen molar-refractivity contribution in [2.75, 3.05) is 39.3 Å². The maximum Gasteiger partial charge on any atom is 0.240 e. The van der Waals surface area contributed by atoms with Crippen molar-refractivity contribution in [3.63, 3.8) is 0 Å². The summed E-state index contributed by atoms with van der Waals surface area (Å²) in [5, 5.41) is 11.2. The van der Waals surface area contributed by atoms with E-state index in [0.29, 0.717) is 13.1 Å². The topological polar surface area (TPSA) is 116 Å². The Labute approximate surface area is 111 Å². The molecule has 0 radical (unpaired) electrons. The molecule has 1 aliphatic heterocycles. The number of carbonyl (C=O) groups excluding carboxylic acids is 3. The minimum absolute atomic E-state index is 0.0374. The summed E-state index contributed by atoms with van der Waals surface area (Å²) in [5.74, 6) is -1.13. The van der Waals surface area contributed by atoms with Crippen LogP contribution in [0.3, 0.4) is 0 Å². The lowest BCUT2D eigenvalue weighted by Gasteiger charge is -2.33. The van der Waals surface area contributed by atoms with Crippen molar-refractivity contribution in [3.05, 3.63) is 0 Å². The van der Waals surface area contributed by atoms with Gasteiger partial charge in [-0.05, 0) is 6.92 Å². The van der Waals surface area contributed by atoms with Crippen molar-refractivity contribution >= 4 is 17.7 Å². The molecule has 0 aromatic heterocycles. The fraction of sp³-hybridized carbons (Fsp3) is 0.727. The summed E-state index contributed by atoms with van der Waals surface area (Å²) in [4.78, 5) is 36.9. The lowest BCUT2D eigenvalue weighted by atomic mass is 10.2. The number of piperazine rings is 1. The molecular weight excluding hydrogens is 252 g/mol. The molecule has 1 heterocycles. The average molecular weight is 272 g/mol. The van der Waals surface area contributed by atoms with Gasteiger partial charge in [0, 0.05) is 19.1 Å². The highest BCUT2D eigenvalue weighted by Gasteiger charge is 2.25. The van der Waals surface area contributed by atoms with Crippen molar-refractivity contribution in [1.82, 2.24) is 15.1 Å². The van der Waals surface area contributed by atoms with Gasteiger partial charge in [0.2, 0.25) is 17.7 Å². The maximum absolute atomic E-state index is 11.2. The SMILES string of the molecule is C[C@@H](CN1CC(=O)NC(=O)C1)N(CCO)CC(N)=O. The highest BCUT2D eigenvalue weighted by molar-refractivity contribution is 5.99. The number of primary amides is 1. The minimum Gasteiger partial charge on any atom is -0.395 e. The number of aliphatic hydroxyl groups excluding tert-OH is 1. The van der Waals surface area contributed by atoms with Crippen molar-refractivity contribution in [2.45, 2.75) is 13.0 Å². The van der Waals surface area contributed by atoms with Crippen LogP contribution in [-0.4, -0.2) is 78.0 Å². The van der Waals surface area contributed by atoms with Gasteiger partial charge < -0.3 is 10.8 Å². The molecule has 0 aromatic rings. The summed E-state index contributed by atoms with van der Waals surface area (Å²) in [6, 6.07) is -0.0988. The molecule has 108 valence electrons. The van der Waals surface area contributed by atoms with Crippen LogP contribution >= 0.6 is 0 Å². The van der Waals surface area contributed by atoms with Gasteiger partial charge in [-0.1, -0.05) is 0 Å². The molecule has 4 N–H and O–H groups in total. The molecule has 1 atom stereocenters. The monoisotopic (exact) mass is 272 g/mol. The zero-order valence-electron chi connectivity index (χ0n) is 11.0. The highest BCUT2D eigenvalue weighted by atomic mass is 16.3. The van der Waals surface area contributed by atoms with Crippen molar-refractivity contribution < 1.29 is 19.5 Å². The van der Waals surface area contributed by atoms with Gasteiger partial charge in [0.1, 0.15) is 0 Å². The summed E-state index contributed by atoms with van der Waals surface area (Å²) >= 11 is 0. The number of hydrogen-bond acceptors (Lipinski definition) is 6. The molecular formula is C11H20N4O4. The molecule has 19 heavy (non-hydrogen) atoms. The molecule has 0 aromatic carbocycles. The second kappa shape index (κ2) is 7.17. The van der Waals surface area contributed by atoms with Crippen LogP contribution in [0.4, 0.5) is 0 Å². The molecule has 8 nitrogen and oxygen atoms in total. The largest absolute Gasteiger partial charge is 0.395 e. The van der Waals surface area contributed by atoms with Crippen LogP contribution in [0, 0.1) is 0 Å². The van der Waals surface area contributed by atoms with Crippen molar-refractivity contribution in [3.8, 4) is 0 Å². The smallest absolute Gasteiger partial charge is 0.240 e. The summed E-state index contributed by atoms with van der Waals surface area (Å²) < 4.78 is 0. The van der Waals surface area contributed by atoms with Gasteiger partial charge in [0.15, 0.2) is 0 Å². The number of nitrogens with zero attached hydrogens (tertiary/aromatic N) is 2. The van der Waals surface area contributed by atoms with Gasteiger partial charge in [-0.15, -0.1) is 0 Å². The van der Waals surface area contributed by atoms with Crippen LogP contribution in [0.2, 0.25) is 0 Å². The fourth-order valence-electron chi connectivity index (χ4n) is 2.10. The zero-order chi connectivity index (χ0) is 14.4. The van der Waals surface area contributed by atoms with Crippen molar-refractivity contribution in [2.24, 2.45) is 5.73 Å². The molecule has 0 aliphatic carbocycles. The van der Waals surface area contributed by atoms with Gasteiger partial charge in [0.25, 0.3) is 0 Å². The number of amides is 3. The van der Waals surface area contributed by atoms with E-state index >= 15 is 0 Å². The number of carbonyl (C=O) groups is 3. The summed E-state index contributed by atoms with van der Waals surface area (Å²) in [6.45, 7) is 2.88. The van der Waals surface area contributed by atoms with E-state index in [1.807, 2.05) is 6.92 Å². The third-order valence-electron chi connectivity index (χ3n) is 2.91. The Kier molecular flexibility index (Phi) is 5.87. The van der Waals surface area contributed by atoms with Crippen LogP contribution in [0.25, 0.3) is 0 Å². The van der Waals surface area contributed by atoms with E-state index in [-0.39, 0.29) is 44.1 Å². The lowest BCUT2D eigenvalue weighted by molar-refractivity contribution is -0.136. The number of imide groups is 1. The normalized spacial score (nSPS) is 18.5. The molecule has 0 bridgehead atoms. The second-order valence-electron chi connectivity index (χ2n) is 4.65. The maximum atomic E-state index is 11.2. The first-order chi connectivity index (χ1) is 8.92. The lowest BCUT2D eigenvalue weighted by Crippen LogP contribution is -2.55. The Morgan fingerprint density at radius 3 is 2.53 bits per heavy atom. The first kappa shape index (κ1) is 15.5. The van der Waals surface area contributed by atoms with Crippen LogP contribution < -0.4 is 11.1 Å². The number of hydrogen-bond donors (Lipinski definition) is 3. The number of nitrogens with two attached hydrogens (primary N) is 1. The van der Waals surface area contributed by atoms with E-state index < -0.39 is 5.91 Å². The predicted molar refractivity (Wildman–Crippen MR) is 66.9 cm³/mol. The Balaban J connectivity index is 2.54. The minimum atomic E-state index is -0.479. The third kappa shape index (κ3) is 5.33. The molecule has 0 unspecified atom stereocenters. The number of aliphatic hydroxyl groups is 1. The molecule has 0 spiro atoms. The third-order valence-corrected chi connectivity index (χ3v) is 2.91. The molecule has 1 fully saturated rings. The van der Waals surface area contributed by atoms with E-state index in [4.69, 9.17) is 10.8 Å². The van der Waals surface area contributed by atoms with E-state index in [1.54, 1.807) is 9.80 Å². The molecule has 1 aliphatic rings. The van der Waals surface area contributed by atoms with Crippen molar-refractivity contribution in [1.29, 1.82) is 0 Å². The van der Waals surface area contributed by atoms with Gasteiger partial charge in [0.05, 0.1) is 26.2 Å².